The molecule has 0 aliphatic carbocycles. The van der Waals surface area contributed by atoms with Crippen molar-refractivity contribution in [3.8, 4) is 0 Å². The first-order valence-electron chi connectivity index (χ1n) is 5.82. The molecular formula is C12H17BrN2OS. The van der Waals surface area contributed by atoms with Gasteiger partial charge in [-0.05, 0) is 41.9 Å². The van der Waals surface area contributed by atoms with Gasteiger partial charge >= 0.3 is 0 Å². The van der Waals surface area contributed by atoms with E-state index in [4.69, 9.17) is 0 Å². The van der Waals surface area contributed by atoms with Crippen molar-refractivity contribution in [2.45, 2.75) is 32.4 Å². The Kier molecular flexibility index (Phi) is 4.22. The van der Waals surface area contributed by atoms with Gasteiger partial charge in [0.25, 0.3) is 0 Å². The number of piperazine rings is 1. The lowest BCUT2D eigenvalue weighted by molar-refractivity contribution is -0.132. The van der Waals surface area contributed by atoms with Crippen LogP contribution in [0.15, 0.2) is 15.9 Å². The van der Waals surface area contributed by atoms with Gasteiger partial charge in [-0.1, -0.05) is 0 Å². The fourth-order valence-electron chi connectivity index (χ4n) is 2.24. The first kappa shape index (κ1) is 13.1. The minimum atomic E-state index is 0.236. The molecular weight excluding hydrogens is 300 g/mol. The van der Waals surface area contributed by atoms with Crippen molar-refractivity contribution >= 4 is 33.2 Å². The molecule has 1 amide bonds. The Hall–Kier alpha value is -0.390. The van der Waals surface area contributed by atoms with E-state index in [1.165, 1.54) is 0 Å². The SMILES string of the molecule is CC1CN(C(=O)Cc2ccc(Br)s2)CC(C)N1. The highest BCUT2D eigenvalue weighted by molar-refractivity contribution is 9.11. The highest BCUT2D eigenvalue weighted by Gasteiger charge is 2.24. The van der Waals surface area contributed by atoms with E-state index in [2.05, 4.69) is 35.1 Å². The van der Waals surface area contributed by atoms with Crippen LogP contribution in [0.2, 0.25) is 0 Å². The highest BCUT2D eigenvalue weighted by Crippen LogP contribution is 2.23. The summed E-state index contributed by atoms with van der Waals surface area (Å²) in [5, 5.41) is 3.43. The van der Waals surface area contributed by atoms with Crippen LogP contribution in [-0.2, 0) is 11.2 Å². The molecule has 17 heavy (non-hydrogen) atoms. The van der Waals surface area contributed by atoms with Gasteiger partial charge in [-0.2, -0.15) is 0 Å². The summed E-state index contributed by atoms with van der Waals surface area (Å²) in [4.78, 5) is 15.3. The van der Waals surface area contributed by atoms with Gasteiger partial charge in [-0.15, -0.1) is 11.3 Å². The third-order valence-corrected chi connectivity index (χ3v) is 4.49. The van der Waals surface area contributed by atoms with Crippen molar-refractivity contribution in [2.75, 3.05) is 13.1 Å². The topological polar surface area (TPSA) is 32.3 Å². The zero-order valence-electron chi connectivity index (χ0n) is 10.1. The van der Waals surface area contributed by atoms with Crippen molar-refractivity contribution in [1.29, 1.82) is 0 Å². The molecule has 1 aliphatic rings. The number of carbonyl (C=O) groups excluding carboxylic acids is 1. The summed E-state index contributed by atoms with van der Waals surface area (Å²) in [5.74, 6) is 0.236. The minimum absolute atomic E-state index is 0.236. The van der Waals surface area contributed by atoms with Crippen molar-refractivity contribution in [3.63, 3.8) is 0 Å². The lowest BCUT2D eigenvalue weighted by atomic mass is 10.1. The van der Waals surface area contributed by atoms with Crippen LogP contribution in [0.5, 0.6) is 0 Å². The summed E-state index contributed by atoms with van der Waals surface area (Å²) in [7, 11) is 0. The number of rotatable bonds is 2. The Morgan fingerprint density at radius 3 is 2.65 bits per heavy atom. The summed E-state index contributed by atoms with van der Waals surface area (Å²) >= 11 is 5.06. The lowest BCUT2D eigenvalue weighted by Crippen LogP contribution is -2.56. The van der Waals surface area contributed by atoms with E-state index in [-0.39, 0.29) is 5.91 Å². The largest absolute Gasteiger partial charge is 0.339 e. The first-order chi connectivity index (χ1) is 8.04. The van der Waals surface area contributed by atoms with Gasteiger partial charge in [-0.25, -0.2) is 0 Å². The molecule has 2 rings (SSSR count). The molecule has 0 spiro atoms. The van der Waals surface area contributed by atoms with Gasteiger partial charge in [0.2, 0.25) is 5.91 Å². The van der Waals surface area contributed by atoms with Crippen LogP contribution >= 0.6 is 27.3 Å². The standard InChI is InChI=1S/C12H17BrN2OS/c1-8-6-15(7-9(2)14-8)12(16)5-10-3-4-11(13)17-10/h3-4,8-9,14H,5-7H2,1-2H3. The molecule has 2 atom stereocenters. The number of hydrogen-bond acceptors (Lipinski definition) is 3. The quantitative estimate of drug-likeness (QED) is 0.907. The first-order valence-corrected chi connectivity index (χ1v) is 7.43. The average molecular weight is 317 g/mol. The van der Waals surface area contributed by atoms with E-state index >= 15 is 0 Å². The molecule has 2 unspecified atom stereocenters. The maximum absolute atomic E-state index is 12.2. The Bertz CT molecular complexity index is 397. The van der Waals surface area contributed by atoms with Crippen molar-refractivity contribution in [3.05, 3.63) is 20.8 Å². The molecule has 0 aromatic carbocycles. The van der Waals surface area contributed by atoms with Crippen molar-refractivity contribution < 1.29 is 4.79 Å². The number of halogens is 1. The number of amides is 1. The zero-order chi connectivity index (χ0) is 12.4. The fourth-order valence-corrected chi connectivity index (χ4v) is 3.71. The van der Waals surface area contributed by atoms with Crippen molar-refractivity contribution in [1.82, 2.24) is 10.2 Å². The minimum Gasteiger partial charge on any atom is -0.339 e. The zero-order valence-corrected chi connectivity index (χ0v) is 12.5. The second kappa shape index (κ2) is 5.50. The third-order valence-electron chi connectivity index (χ3n) is 2.86. The Labute approximate surface area is 114 Å². The number of hydrogen-bond donors (Lipinski definition) is 1. The Morgan fingerprint density at radius 2 is 2.12 bits per heavy atom. The normalized spacial score (nSPS) is 25.0. The second-order valence-electron chi connectivity index (χ2n) is 4.65. The Balaban J connectivity index is 1.95. The molecule has 1 aromatic rings. The predicted octanol–water partition coefficient (Wildman–Crippen LogP) is 2.26. The molecule has 1 aromatic heterocycles. The summed E-state index contributed by atoms with van der Waals surface area (Å²) in [5.41, 5.74) is 0. The number of carbonyl (C=O) groups is 1. The highest BCUT2D eigenvalue weighted by atomic mass is 79.9. The van der Waals surface area contributed by atoms with Gasteiger partial charge in [-0.3, -0.25) is 4.79 Å². The summed E-state index contributed by atoms with van der Waals surface area (Å²) in [6.45, 7) is 5.88. The van der Waals surface area contributed by atoms with Gasteiger partial charge in [0.1, 0.15) is 0 Å². The summed E-state index contributed by atoms with van der Waals surface area (Å²) in [6.07, 6.45) is 0.524. The van der Waals surface area contributed by atoms with E-state index in [1.807, 2.05) is 17.0 Å². The third kappa shape index (κ3) is 3.53. The maximum atomic E-state index is 12.2. The average Bonchev–Trinajstić information content (AvgIpc) is 2.62. The van der Waals surface area contributed by atoms with E-state index in [0.29, 0.717) is 18.5 Å². The van der Waals surface area contributed by atoms with Crippen LogP contribution in [0.25, 0.3) is 0 Å². The van der Waals surface area contributed by atoms with Gasteiger partial charge in [0.15, 0.2) is 0 Å². The summed E-state index contributed by atoms with van der Waals surface area (Å²) in [6, 6.07) is 4.79. The van der Waals surface area contributed by atoms with Gasteiger partial charge in [0, 0.05) is 30.1 Å². The van der Waals surface area contributed by atoms with Crippen LogP contribution in [0.3, 0.4) is 0 Å². The Morgan fingerprint density at radius 1 is 1.47 bits per heavy atom. The van der Waals surface area contributed by atoms with E-state index in [9.17, 15) is 4.79 Å². The summed E-state index contributed by atoms with van der Waals surface area (Å²) < 4.78 is 1.09. The molecule has 5 heteroatoms. The van der Waals surface area contributed by atoms with Gasteiger partial charge < -0.3 is 10.2 Å². The second-order valence-corrected chi connectivity index (χ2v) is 7.20. The van der Waals surface area contributed by atoms with Gasteiger partial charge in [0.05, 0.1) is 10.2 Å². The van der Waals surface area contributed by atoms with Crippen LogP contribution in [0.4, 0.5) is 0 Å². The molecule has 0 saturated carbocycles. The molecule has 0 bridgehead atoms. The molecule has 0 radical (unpaired) electrons. The molecule has 1 N–H and O–H groups in total. The molecule has 1 saturated heterocycles. The molecule has 94 valence electrons. The number of nitrogens with zero attached hydrogens (tertiary/aromatic N) is 1. The molecule has 1 aliphatic heterocycles. The van der Waals surface area contributed by atoms with E-state index < -0.39 is 0 Å². The van der Waals surface area contributed by atoms with E-state index in [1.54, 1.807) is 11.3 Å². The molecule has 3 nitrogen and oxygen atoms in total. The number of nitrogens with one attached hydrogen (secondary N) is 1. The fraction of sp³-hybridized carbons (Fsp3) is 0.583. The van der Waals surface area contributed by atoms with E-state index in [0.717, 1.165) is 21.8 Å². The predicted molar refractivity (Wildman–Crippen MR) is 74.4 cm³/mol. The smallest absolute Gasteiger partial charge is 0.227 e. The maximum Gasteiger partial charge on any atom is 0.227 e. The molecule has 1 fully saturated rings. The van der Waals surface area contributed by atoms with Crippen LogP contribution < -0.4 is 5.32 Å². The van der Waals surface area contributed by atoms with Crippen LogP contribution in [0, 0.1) is 0 Å². The van der Waals surface area contributed by atoms with Crippen LogP contribution in [0.1, 0.15) is 18.7 Å². The molecule has 2 heterocycles. The monoisotopic (exact) mass is 316 g/mol. The van der Waals surface area contributed by atoms with Crippen molar-refractivity contribution in [2.24, 2.45) is 0 Å². The van der Waals surface area contributed by atoms with Crippen LogP contribution in [-0.4, -0.2) is 36.0 Å². The number of thiophene rings is 1. The lowest BCUT2D eigenvalue weighted by Gasteiger charge is -2.36.